The van der Waals surface area contributed by atoms with E-state index >= 15 is 0 Å². The summed E-state index contributed by atoms with van der Waals surface area (Å²) in [5.74, 6) is 1.41. The quantitative estimate of drug-likeness (QED) is 0.283. The Morgan fingerprint density at radius 2 is 1.76 bits per heavy atom. The fourth-order valence-electron chi connectivity index (χ4n) is 5.87. The maximum Gasteiger partial charge on any atom is 0.282 e. The van der Waals surface area contributed by atoms with Crippen LogP contribution in [0.1, 0.15) is 42.7 Å². The van der Waals surface area contributed by atoms with Crippen molar-refractivity contribution in [2.24, 2.45) is 5.92 Å². The zero-order chi connectivity index (χ0) is 29.4. The van der Waals surface area contributed by atoms with Crippen LogP contribution < -0.4 is 9.46 Å². The Hall–Kier alpha value is -3.06. The van der Waals surface area contributed by atoms with E-state index in [2.05, 4.69) is 4.72 Å². The van der Waals surface area contributed by atoms with Crippen LogP contribution in [0.2, 0.25) is 0 Å². The molecule has 0 amide bonds. The Balaban J connectivity index is 1.48. The van der Waals surface area contributed by atoms with Crippen LogP contribution in [0, 0.1) is 19.8 Å². The van der Waals surface area contributed by atoms with Gasteiger partial charge in [0.25, 0.3) is 10.2 Å². The first kappa shape index (κ1) is 29.0. The van der Waals surface area contributed by atoms with Crippen molar-refractivity contribution in [2.75, 3.05) is 39.5 Å². The number of ether oxygens (including phenoxy) is 3. The highest BCUT2D eigenvalue weighted by Crippen LogP contribution is 2.39. The lowest BCUT2D eigenvalue weighted by molar-refractivity contribution is 0.0243. The van der Waals surface area contributed by atoms with Crippen LogP contribution in [0.3, 0.4) is 0 Å². The van der Waals surface area contributed by atoms with E-state index in [1.807, 2.05) is 57.2 Å². The molecule has 0 aliphatic carbocycles. The molecule has 2 aromatic carbocycles. The SMILES string of the molecule is Cc1c(-c2cc(C(O)NS(=O)(=O)N3CCOCC3)c3c(O[C@H](C)C4CCOCC4)ccc(C)c3n2)oc2ccccc12. The Kier molecular flexibility index (Phi) is 8.23. The number of hydrogen-bond acceptors (Lipinski definition) is 8. The largest absolute Gasteiger partial charge is 0.490 e. The lowest BCUT2D eigenvalue weighted by Crippen LogP contribution is -2.47. The molecule has 2 aliphatic rings. The Morgan fingerprint density at radius 1 is 1.05 bits per heavy atom. The number of hydrogen-bond donors (Lipinski definition) is 2. The molecule has 0 bridgehead atoms. The third kappa shape index (κ3) is 5.64. The summed E-state index contributed by atoms with van der Waals surface area (Å²) in [5, 5.41) is 13.1. The molecule has 4 aromatic rings. The number of nitrogens with one attached hydrogen (secondary N) is 1. The maximum atomic E-state index is 13.3. The summed E-state index contributed by atoms with van der Waals surface area (Å²) >= 11 is 0. The third-order valence-corrected chi connectivity index (χ3v) is 9.90. The molecule has 11 heteroatoms. The molecule has 2 atom stereocenters. The summed E-state index contributed by atoms with van der Waals surface area (Å²) in [7, 11) is -4.01. The normalized spacial score (nSPS) is 18.9. The summed E-state index contributed by atoms with van der Waals surface area (Å²) in [4.78, 5) is 5.00. The zero-order valence-electron chi connectivity index (χ0n) is 24.1. The van der Waals surface area contributed by atoms with E-state index in [1.54, 1.807) is 6.07 Å². The third-order valence-electron chi connectivity index (χ3n) is 8.34. The number of furan rings is 1. The molecule has 2 aliphatic heterocycles. The van der Waals surface area contributed by atoms with Crippen molar-refractivity contribution in [1.82, 2.24) is 14.0 Å². The Bertz CT molecular complexity index is 1690. The lowest BCUT2D eigenvalue weighted by atomic mass is 9.94. The Labute approximate surface area is 245 Å². The number of aryl methyl sites for hydroxylation is 2. The topological polar surface area (TPSA) is 123 Å². The Morgan fingerprint density at radius 3 is 2.50 bits per heavy atom. The minimum absolute atomic E-state index is 0.118. The number of pyridine rings is 1. The molecule has 0 radical (unpaired) electrons. The number of aliphatic hydroxyl groups is 1. The van der Waals surface area contributed by atoms with Crippen molar-refractivity contribution in [2.45, 2.75) is 45.9 Å². The van der Waals surface area contributed by atoms with E-state index in [9.17, 15) is 13.5 Å². The van der Waals surface area contributed by atoms with Gasteiger partial charge in [-0.3, -0.25) is 0 Å². The maximum absolute atomic E-state index is 13.3. The van der Waals surface area contributed by atoms with Crippen molar-refractivity contribution in [1.29, 1.82) is 0 Å². The number of rotatable bonds is 8. The molecule has 224 valence electrons. The molecule has 0 spiro atoms. The molecule has 2 saturated heterocycles. The minimum Gasteiger partial charge on any atom is -0.490 e. The number of fused-ring (bicyclic) bond motifs is 2. The molecular formula is C31H37N3O7S. The van der Waals surface area contributed by atoms with Gasteiger partial charge in [-0.2, -0.15) is 17.4 Å². The smallest absolute Gasteiger partial charge is 0.282 e. The fraction of sp³-hybridized carbons (Fsp3) is 0.452. The van der Waals surface area contributed by atoms with E-state index in [-0.39, 0.29) is 19.2 Å². The number of morpholine rings is 1. The van der Waals surface area contributed by atoms with Crippen LogP contribution in [0.15, 0.2) is 46.9 Å². The number of aliphatic hydroxyl groups excluding tert-OH is 1. The molecule has 4 heterocycles. The first-order chi connectivity index (χ1) is 20.2. The summed E-state index contributed by atoms with van der Waals surface area (Å²) in [6.07, 6.45) is 0.0996. The summed E-state index contributed by atoms with van der Waals surface area (Å²) in [6.45, 7) is 8.34. The van der Waals surface area contributed by atoms with Crippen LogP contribution in [-0.4, -0.2) is 68.4 Å². The second-order valence-corrected chi connectivity index (χ2v) is 12.8. The molecule has 1 unspecified atom stereocenters. The van der Waals surface area contributed by atoms with Crippen molar-refractivity contribution in [3.05, 3.63) is 59.2 Å². The first-order valence-corrected chi connectivity index (χ1v) is 15.9. The predicted molar refractivity (Wildman–Crippen MR) is 159 cm³/mol. The average Bonchev–Trinajstić information content (AvgIpc) is 3.35. The van der Waals surface area contributed by atoms with Crippen molar-refractivity contribution in [3.63, 3.8) is 0 Å². The van der Waals surface area contributed by atoms with Gasteiger partial charge >= 0.3 is 0 Å². The number of para-hydroxylation sites is 1. The summed E-state index contributed by atoms with van der Waals surface area (Å²) < 4.78 is 54.0. The molecule has 2 aromatic heterocycles. The highest BCUT2D eigenvalue weighted by atomic mass is 32.2. The number of aromatic nitrogens is 1. The van der Waals surface area contributed by atoms with Crippen LogP contribution in [0.4, 0.5) is 0 Å². The molecule has 42 heavy (non-hydrogen) atoms. The fourth-order valence-corrected chi connectivity index (χ4v) is 7.06. The highest BCUT2D eigenvalue weighted by molar-refractivity contribution is 7.87. The molecular weight excluding hydrogens is 558 g/mol. The van der Waals surface area contributed by atoms with Crippen LogP contribution in [0.25, 0.3) is 33.3 Å². The predicted octanol–water partition coefficient (Wildman–Crippen LogP) is 4.62. The van der Waals surface area contributed by atoms with E-state index in [4.69, 9.17) is 23.6 Å². The monoisotopic (exact) mass is 595 g/mol. The van der Waals surface area contributed by atoms with Gasteiger partial charge in [-0.25, -0.2) is 4.98 Å². The first-order valence-electron chi connectivity index (χ1n) is 14.4. The summed E-state index contributed by atoms with van der Waals surface area (Å²) in [5.41, 5.74) is 3.92. The van der Waals surface area contributed by atoms with Gasteiger partial charge in [-0.15, -0.1) is 0 Å². The minimum atomic E-state index is -4.01. The van der Waals surface area contributed by atoms with Gasteiger partial charge in [0.1, 0.15) is 23.3 Å². The second-order valence-electron chi connectivity index (χ2n) is 11.1. The lowest BCUT2D eigenvalue weighted by Gasteiger charge is -2.30. The van der Waals surface area contributed by atoms with Gasteiger partial charge < -0.3 is 23.7 Å². The van der Waals surface area contributed by atoms with Crippen molar-refractivity contribution >= 4 is 32.1 Å². The number of nitrogens with zero attached hydrogens (tertiary/aromatic N) is 2. The average molecular weight is 596 g/mol. The standard InChI is InChI=1S/C31H37N3O7S/c1-19-8-9-27(40-21(3)22-10-14-38-15-11-22)28-24(31(35)33-42(36,37)34-12-16-39-17-13-34)18-25(32-29(19)28)30-20(2)23-6-4-5-7-26(23)41-30/h4-9,18,21-22,31,33,35H,10-17H2,1-3H3/t21-,31?/m1/s1. The highest BCUT2D eigenvalue weighted by Gasteiger charge is 2.30. The number of benzene rings is 2. The van der Waals surface area contributed by atoms with E-state index < -0.39 is 16.4 Å². The van der Waals surface area contributed by atoms with Crippen LogP contribution in [0.5, 0.6) is 5.75 Å². The van der Waals surface area contributed by atoms with Gasteiger partial charge in [0.15, 0.2) is 5.76 Å². The van der Waals surface area contributed by atoms with Gasteiger partial charge in [0, 0.05) is 48.2 Å². The van der Waals surface area contributed by atoms with Crippen LogP contribution in [-0.2, 0) is 19.7 Å². The molecule has 0 saturated carbocycles. The second kappa shape index (κ2) is 11.9. The zero-order valence-corrected chi connectivity index (χ0v) is 24.9. The van der Waals surface area contributed by atoms with Gasteiger partial charge in [-0.05, 0) is 63.3 Å². The molecule has 2 fully saturated rings. The van der Waals surface area contributed by atoms with Crippen molar-refractivity contribution in [3.8, 4) is 17.2 Å². The molecule has 6 rings (SSSR count). The van der Waals surface area contributed by atoms with E-state index in [1.165, 1.54) is 4.31 Å². The summed E-state index contributed by atoms with van der Waals surface area (Å²) in [6, 6.07) is 13.2. The van der Waals surface area contributed by atoms with Crippen molar-refractivity contribution < 1.29 is 32.2 Å². The van der Waals surface area contributed by atoms with E-state index in [0.29, 0.717) is 66.0 Å². The van der Waals surface area contributed by atoms with Crippen LogP contribution >= 0.6 is 0 Å². The van der Waals surface area contributed by atoms with E-state index in [0.717, 1.165) is 34.9 Å². The molecule has 2 N–H and O–H groups in total. The van der Waals surface area contributed by atoms with Gasteiger partial charge in [-0.1, -0.05) is 24.3 Å². The van der Waals surface area contributed by atoms with Gasteiger partial charge in [0.05, 0.1) is 24.8 Å². The van der Waals surface area contributed by atoms with Gasteiger partial charge in [0.2, 0.25) is 0 Å². The molecule has 10 nitrogen and oxygen atoms in total.